The zero-order valence-electron chi connectivity index (χ0n) is 26.5. The highest BCUT2D eigenvalue weighted by atomic mass is 127. The predicted octanol–water partition coefficient (Wildman–Crippen LogP) is 8.73. The SMILES string of the molecule is CCCC1=NC(CCC)N=C(n2c3ccccc3c3cc4c(cc32)c2ccccc2n4-c2nc(CCC)nc(CCC)n2)N1.I. The average Bonchev–Trinajstić information content (AvgIpc) is 3.52. The maximum Gasteiger partial charge on any atom is 0.238 e. The van der Waals surface area contributed by atoms with E-state index in [0.29, 0.717) is 5.95 Å². The van der Waals surface area contributed by atoms with Crippen LogP contribution in [0.4, 0.5) is 0 Å². The number of halogens is 1. The van der Waals surface area contributed by atoms with Crippen molar-refractivity contribution in [3.05, 3.63) is 72.3 Å². The van der Waals surface area contributed by atoms with Gasteiger partial charge in [-0.15, -0.1) is 24.0 Å². The number of amidine groups is 1. The van der Waals surface area contributed by atoms with E-state index < -0.39 is 0 Å². The van der Waals surface area contributed by atoms with Crippen molar-refractivity contribution in [2.75, 3.05) is 0 Å². The number of aromatic nitrogens is 5. The Bertz CT molecular complexity index is 2040. The van der Waals surface area contributed by atoms with E-state index in [0.717, 1.165) is 102 Å². The Labute approximate surface area is 281 Å². The molecule has 1 atom stereocenters. The molecular formula is C36H41IN8. The van der Waals surface area contributed by atoms with E-state index in [1.54, 1.807) is 0 Å². The Morgan fingerprint density at radius 3 is 1.73 bits per heavy atom. The van der Waals surface area contributed by atoms with Crippen LogP contribution < -0.4 is 5.32 Å². The molecule has 3 aromatic carbocycles. The molecule has 8 nitrogen and oxygen atoms in total. The van der Waals surface area contributed by atoms with Gasteiger partial charge in [0, 0.05) is 40.8 Å². The second-order valence-electron chi connectivity index (χ2n) is 11.7. The molecule has 1 unspecified atom stereocenters. The molecule has 232 valence electrons. The highest BCUT2D eigenvalue weighted by Crippen LogP contribution is 2.38. The summed E-state index contributed by atoms with van der Waals surface area (Å²) in [5, 5.41) is 8.31. The van der Waals surface area contributed by atoms with Crippen molar-refractivity contribution in [2.24, 2.45) is 9.98 Å². The van der Waals surface area contributed by atoms with Gasteiger partial charge in [0.15, 0.2) is 0 Å². The molecule has 0 bridgehead atoms. The van der Waals surface area contributed by atoms with Gasteiger partial charge in [-0.05, 0) is 49.9 Å². The summed E-state index contributed by atoms with van der Waals surface area (Å²) in [6.45, 7) is 8.73. The highest BCUT2D eigenvalue weighted by Gasteiger charge is 2.24. The van der Waals surface area contributed by atoms with E-state index in [9.17, 15) is 0 Å². The first-order valence-corrected chi connectivity index (χ1v) is 16.3. The van der Waals surface area contributed by atoms with Crippen LogP contribution >= 0.6 is 24.0 Å². The van der Waals surface area contributed by atoms with E-state index in [1.165, 1.54) is 16.2 Å². The standard InChI is InChI=1S/C36H40N8.HI/c1-5-13-31-37-32(14-6-2)40-35(39-31)43-27-19-11-9-17-23(27)25-22-30-26(21-29(25)43)24-18-10-12-20-28(24)44(30)36-41-33(15-7-3)38-34(42-36)16-8-4;/h9-12,17-22,31H,5-8,13-16H2,1-4H3,(H,37,39,40);1H. The number of nitrogens with one attached hydrogen (secondary N) is 1. The van der Waals surface area contributed by atoms with Crippen LogP contribution in [0.25, 0.3) is 49.6 Å². The summed E-state index contributed by atoms with van der Waals surface area (Å²) in [5.41, 5.74) is 4.43. The van der Waals surface area contributed by atoms with Crippen molar-refractivity contribution in [1.82, 2.24) is 29.4 Å². The number of para-hydroxylation sites is 2. The average molecular weight is 713 g/mol. The number of hydrogen-bond donors (Lipinski definition) is 1. The third kappa shape index (κ3) is 5.60. The molecule has 1 aliphatic heterocycles. The predicted molar refractivity (Wildman–Crippen MR) is 198 cm³/mol. The highest BCUT2D eigenvalue weighted by molar-refractivity contribution is 14.0. The van der Waals surface area contributed by atoms with Gasteiger partial charge in [-0.25, -0.2) is 15.0 Å². The van der Waals surface area contributed by atoms with Crippen molar-refractivity contribution < 1.29 is 0 Å². The minimum Gasteiger partial charge on any atom is -0.314 e. The quantitative estimate of drug-likeness (QED) is 0.152. The van der Waals surface area contributed by atoms with Gasteiger partial charge in [-0.1, -0.05) is 70.5 Å². The first kappa shape index (κ1) is 31.1. The Morgan fingerprint density at radius 1 is 0.600 bits per heavy atom. The molecule has 3 aromatic heterocycles. The molecule has 7 rings (SSSR count). The lowest BCUT2D eigenvalue weighted by atomic mass is 10.1. The first-order chi connectivity index (χ1) is 21.6. The van der Waals surface area contributed by atoms with Crippen molar-refractivity contribution in [3.63, 3.8) is 0 Å². The number of fused-ring (bicyclic) bond motifs is 6. The lowest BCUT2D eigenvalue weighted by molar-refractivity contribution is 0.613. The van der Waals surface area contributed by atoms with Gasteiger partial charge in [0.2, 0.25) is 11.9 Å². The van der Waals surface area contributed by atoms with Gasteiger partial charge in [0.1, 0.15) is 23.7 Å². The maximum absolute atomic E-state index is 5.15. The number of nitrogens with zero attached hydrogens (tertiary/aromatic N) is 7. The van der Waals surface area contributed by atoms with E-state index in [-0.39, 0.29) is 30.1 Å². The van der Waals surface area contributed by atoms with Crippen LogP contribution in [0.3, 0.4) is 0 Å². The zero-order chi connectivity index (χ0) is 30.2. The van der Waals surface area contributed by atoms with E-state index in [4.69, 9.17) is 24.9 Å². The van der Waals surface area contributed by atoms with Crippen molar-refractivity contribution in [3.8, 4) is 5.95 Å². The van der Waals surface area contributed by atoms with E-state index in [2.05, 4.69) is 103 Å². The summed E-state index contributed by atoms with van der Waals surface area (Å²) < 4.78 is 4.53. The van der Waals surface area contributed by atoms with Crippen molar-refractivity contribution >= 4 is 79.4 Å². The molecule has 6 aromatic rings. The Kier molecular flexibility index (Phi) is 9.16. The second kappa shape index (κ2) is 13.2. The summed E-state index contributed by atoms with van der Waals surface area (Å²) in [6, 6.07) is 21.9. The number of aryl methyl sites for hydroxylation is 2. The van der Waals surface area contributed by atoms with Gasteiger partial charge in [-0.2, -0.15) is 9.97 Å². The van der Waals surface area contributed by atoms with Crippen LogP contribution in [0.1, 0.15) is 77.9 Å². The van der Waals surface area contributed by atoms with Crippen LogP contribution in [0.5, 0.6) is 0 Å². The van der Waals surface area contributed by atoms with Crippen molar-refractivity contribution in [2.45, 2.75) is 85.2 Å². The maximum atomic E-state index is 5.15. The second-order valence-corrected chi connectivity index (χ2v) is 11.7. The third-order valence-corrected chi connectivity index (χ3v) is 8.41. The normalized spacial score (nSPS) is 15.0. The van der Waals surface area contributed by atoms with Gasteiger partial charge < -0.3 is 5.32 Å². The smallest absolute Gasteiger partial charge is 0.238 e. The fraction of sp³-hybridized carbons (Fsp3) is 0.361. The van der Waals surface area contributed by atoms with Gasteiger partial charge in [0.25, 0.3) is 0 Å². The molecule has 1 aliphatic rings. The molecule has 0 aliphatic carbocycles. The summed E-state index contributed by atoms with van der Waals surface area (Å²) in [6.07, 6.45) is 7.47. The van der Waals surface area contributed by atoms with Crippen LogP contribution in [0.15, 0.2) is 70.6 Å². The first-order valence-electron chi connectivity index (χ1n) is 16.3. The molecule has 0 spiro atoms. The van der Waals surface area contributed by atoms with Gasteiger partial charge in [-0.3, -0.25) is 9.13 Å². The van der Waals surface area contributed by atoms with Crippen LogP contribution in [0.2, 0.25) is 0 Å². The minimum absolute atomic E-state index is 0. The number of benzene rings is 3. The molecule has 0 amide bonds. The molecule has 1 N–H and O–H groups in total. The lowest BCUT2D eigenvalue weighted by Gasteiger charge is -2.22. The molecule has 4 heterocycles. The largest absolute Gasteiger partial charge is 0.314 e. The number of hydrogen-bond acceptors (Lipinski definition) is 6. The Balaban J connectivity index is 0.00000357. The minimum atomic E-state index is -0.0712. The van der Waals surface area contributed by atoms with Gasteiger partial charge in [0.05, 0.1) is 22.1 Å². The molecule has 9 heteroatoms. The molecule has 0 fully saturated rings. The van der Waals surface area contributed by atoms with E-state index in [1.807, 2.05) is 0 Å². The van der Waals surface area contributed by atoms with Gasteiger partial charge >= 0.3 is 0 Å². The fourth-order valence-electron chi connectivity index (χ4n) is 6.51. The number of rotatable bonds is 9. The van der Waals surface area contributed by atoms with Crippen LogP contribution in [-0.2, 0) is 12.8 Å². The van der Waals surface area contributed by atoms with Crippen molar-refractivity contribution in [1.29, 1.82) is 0 Å². The van der Waals surface area contributed by atoms with Crippen LogP contribution in [-0.4, -0.2) is 42.0 Å². The third-order valence-electron chi connectivity index (χ3n) is 8.41. The van der Waals surface area contributed by atoms with Crippen LogP contribution in [0, 0.1) is 0 Å². The Hall–Kier alpha value is -3.86. The Morgan fingerprint density at radius 2 is 1.16 bits per heavy atom. The summed E-state index contributed by atoms with van der Waals surface area (Å²) in [7, 11) is 0. The topological polar surface area (TPSA) is 85.3 Å². The monoisotopic (exact) mass is 712 g/mol. The molecule has 0 radical (unpaired) electrons. The lowest BCUT2D eigenvalue weighted by Crippen LogP contribution is -2.40. The molecular weight excluding hydrogens is 671 g/mol. The summed E-state index contributed by atoms with van der Waals surface area (Å²) in [4.78, 5) is 24.9. The molecule has 0 saturated carbocycles. The van der Waals surface area contributed by atoms with E-state index >= 15 is 0 Å². The molecule has 45 heavy (non-hydrogen) atoms. The fourth-order valence-corrected chi connectivity index (χ4v) is 6.51. The summed E-state index contributed by atoms with van der Waals surface area (Å²) in [5.74, 6) is 4.28. The summed E-state index contributed by atoms with van der Waals surface area (Å²) >= 11 is 0. The molecule has 0 saturated heterocycles. The zero-order valence-corrected chi connectivity index (χ0v) is 28.9. The number of aliphatic imine (C=N–C) groups is 2.